The lowest BCUT2D eigenvalue weighted by Crippen LogP contribution is -2.59. The summed E-state index contributed by atoms with van der Waals surface area (Å²) in [6, 6.07) is 0. The van der Waals surface area contributed by atoms with E-state index in [-0.39, 0.29) is 42.3 Å². The van der Waals surface area contributed by atoms with Gasteiger partial charge in [0.05, 0.1) is 49.8 Å². The van der Waals surface area contributed by atoms with Crippen molar-refractivity contribution in [2.45, 2.75) is 168 Å². The number of ether oxygens (including phenoxy) is 7. The molecule has 0 aliphatic carbocycles. The molecule has 15 nitrogen and oxygen atoms in total. The van der Waals surface area contributed by atoms with E-state index in [1.165, 1.54) is 20.3 Å². The monoisotopic (exact) mass is 866 g/mol. The Balaban J connectivity index is 2.00. The van der Waals surface area contributed by atoms with Crippen molar-refractivity contribution in [3.05, 3.63) is 59.4 Å². The fourth-order valence-electron chi connectivity index (χ4n) is 8.94. The van der Waals surface area contributed by atoms with Crippen LogP contribution in [0, 0.1) is 35.5 Å². The normalized spacial score (nSPS) is 40.8. The van der Waals surface area contributed by atoms with E-state index in [0.717, 1.165) is 5.57 Å². The summed E-state index contributed by atoms with van der Waals surface area (Å²) in [6.45, 7) is 18.2. The lowest BCUT2D eigenvalue weighted by Gasteiger charge is -2.49. The molecule has 348 valence electrons. The Hall–Kier alpha value is -3.12. The van der Waals surface area contributed by atoms with Crippen molar-refractivity contribution in [1.82, 2.24) is 0 Å². The molecule has 15 heteroatoms. The zero-order valence-corrected chi connectivity index (χ0v) is 38.2. The highest BCUT2D eigenvalue weighted by Crippen LogP contribution is 2.42. The zero-order valence-electron chi connectivity index (χ0n) is 38.2. The topological polar surface area (TPSA) is 226 Å². The summed E-state index contributed by atoms with van der Waals surface area (Å²) in [5.41, 5.74) is 6.78. The molecular formula is C46H75NO14. The minimum Gasteiger partial charge on any atom is -0.490 e. The van der Waals surface area contributed by atoms with Crippen LogP contribution in [0.15, 0.2) is 59.4 Å². The van der Waals surface area contributed by atoms with Crippen molar-refractivity contribution >= 4 is 12.1 Å². The number of aliphatic hydroxyl groups is 5. The highest BCUT2D eigenvalue weighted by molar-refractivity contribution is 5.87. The average Bonchev–Trinajstić information content (AvgIpc) is 3.19. The second-order valence-corrected chi connectivity index (χ2v) is 17.5. The van der Waals surface area contributed by atoms with Crippen molar-refractivity contribution in [1.29, 1.82) is 0 Å². The number of methoxy groups -OCH3 is 2. The number of esters is 1. The Morgan fingerprint density at radius 1 is 1.10 bits per heavy atom. The maximum absolute atomic E-state index is 13.9. The molecule has 0 aromatic carbocycles. The fraction of sp³-hybridized carbons (Fsp3) is 0.739. The van der Waals surface area contributed by atoms with Gasteiger partial charge in [-0.05, 0) is 52.5 Å². The van der Waals surface area contributed by atoms with Crippen LogP contribution in [-0.2, 0) is 38.0 Å². The first-order chi connectivity index (χ1) is 28.6. The number of carbonyl (C=O) groups is 2. The van der Waals surface area contributed by atoms with E-state index in [9.17, 15) is 35.1 Å². The average molecular weight is 866 g/mol. The predicted molar refractivity (Wildman–Crippen MR) is 228 cm³/mol. The highest BCUT2D eigenvalue weighted by Gasteiger charge is 2.52. The molecule has 3 rings (SSSR count). The molecule has 0 unspecified atom stereocenters. The quantitative estimate of drug-likeness (QED) is 0.119. The Morgan fingerprint density at radius 2 is 1.77 bits per heavy atom. The molecular weight excluding hydrogens is 790 g/mol. The second kappa shape index (κ2) is 23.5. The first-order valence-corrected chi connectivity index (χ1v) is 21.7. The molecule has 0 bridgehead atoms. The van der Waals surface area contributed by atoms with Gasteiger partial charge >= 0.3 is 12.1 Å². The third-order valence-corrected chi connectivity index (χ3v) is 12.8. The Bertz CT molecular complexity index is 1570. The van der Waals surface area contributed by atoms with Crippen LogP contribution in [0.2, 0.25) is 0 Å². The Kier molecular flexibility index (Phi) is 20.1. The number of nitrogens with two attached hydrogens (primary N) is 1. The summed E-state index contributed by atoms with van der Waals surface area (Å²) in [5.74, 6) is -6.00. The van der Waals surface area contributed by atoms with Gasteiger partial charge in [-0.3, -0.25) is 0 Å². The first-order valence-electron chi connectivity index (χ1n) is 21.7. The van der Waals surface area contributed by atoms with Gasteiger partial charge in [-0.2, -0.15) is 0 Å². The molecule has 2 saturated heterocycles. The number of carbonyl (C=O) groups excluding carboxylic acids is 2. The van der Waals surface area contributed by atoms with Crippen LogP contribution in [0.3, 0.4) is 0 Å². The molecule has 3 aliphatic heterocycles. The van der Waals surface area contributed by atoms with Gasteiger partial charge in [-0.1, -0.05) is 89.1 Å². The first kappa shape index (κ1) is 52.2. The summed E-state index contributed by atoms with van der Waals surface area (Å²) < 4.78 is 41.4. The van der Waals surface area contributed by atoms with Crippen molar-refractivity contribution in [3.8, 4) is 0 Å². The van der Waals surface area contributed by atoms with Crippen molar-refractivity contribution in [3.63, 3.8) is 0 Å². The van der Waals surface area contributed by atoms with Crippen molar-refractivity contribution in [2.24, 2.45) is 41.2 Å². The number of primary amides is 1. The number of cyclic esters (lactones) is 1. The van der Waals surface area contributed by atoms with Crippen LogP contribution in [0.1, 0.15) is 94.9 Å². The van der Waals surface area contributed by atoms with E-state index in [0.29, 0.717) is 18.4 Å². The van der Waals surface area contributed by atoms with E-state index in [4.69, 9.17) is 38.9 Å². The summed E-state index contributed by atoms with van der Waals surface area (Å²) in [6.07, 6.45) is 2.20. The van der Waals surface area contributed by atoms with Gasteiger partial charge in [-0.25, -0.2) is 9.59 Å². The molecule has 3 aliphatic rings. The molecule has 2 fully saturated rings. The molecule has 0 radical (unpaired) electrons. The highest BCUT2D eigenvalue weighted by atomic mass is 16.7. The van der Waals surface area contributed by atoms with E-state index in [2.05, 4.69) is 0 Å². The van der Waals surface area contributed by atoms with Crippen LogP contribution in [0.4, 0.5) is 4.79 Å². The SMILES string of the molecule is C/C=C/[C@H]1O[C@@](O)([C@@H](C)[C@H](O)[C@H](C)[C@@H]2OC(=O)/C(OC)=C/C(C)=C/[C@@H](C)[C@@H](O)[C@@H](CC)[C@@H](O)[C@H](C)CC(C)=CC=C[C@@H]2OC)C[C@@H](O[C@H]2C[C@@H](O)[C@H](OC(N)=O)[C@@H](C)O2)[C@@H]1C. The van der Waals surface area contributed by atoms with Crippen LogP contribution >= 0.6 is 0 Å². The standard InChI is InChI=1S/C46H75NO14/c1-13-16-34-28(7)37(58-38-22-33(48)43(31(10)57-38)60-45(47)53)23-46(54,61-34)30(9)41(51)29(8)42-35(55-11)18-15-17-24(3)19-26(5)39(49)32(14-2)40(50)27(6)20-25(4)21-36(56-12)44(52)59-42/h13,15-18,20-21,26-35,37-43,48-51,54H,14,19,22-23H2,1-12H3,(H2,47,53)/b16-13+,18-15?,24-17?,25-20+,36-21-/t26-,27-,28-,29+,30+,31-,32+,33-,34-,35+,37-,38+,39+,40-,41-,42+,43-,46-/m1/s1. The molecule has 1 amide bonds. The van der Waals surface area contributed by atoms with Gasteiger partial charge in [0.15, 0.2) is 18.2 Å². The molecule has 61 heavy (non-hydrogen) atoms. The van der Waals surface area contributed by atoms with Gasteiger partial charge < -0.3 is 64.4 Å². The summed E-state index contributed by atoms with van der Waals surface area (Å²) >= 11 is 0. The van der Waals surface area contributed by atoms with Gasteiger partial charge in [-0.15, -0.1) is 0 Å². The largest absolute Gasteiger partial charge is 0.490 e. The number of hydrogen-bond donors (Lipinski definition) is 6. The van der Waals surface area contributed by atoms with E-state index >= 15 is 0 Å². The Labute approximate surface area is 362 Å². The summed E-state index contributed by atoms with van der Waals surface area (Å²) in [7, 11) is 2.81. The smallest absolute Gasteiger partial charge is 0.404 e. The summed E-state index contributed by atoms with van der Waals surface area (Å²) in [5, 5.41) is 58.0. The van der Waals surface area contributed by atoms with Gasteiger partial charge in [0.1, 0.15) is 12.2 Å². The molecule has 7 N–H and O–H groups in total. The zero-order chi connectivity index (χ0) is 45.9. The second-order valence-electron chi connectivity index (χ2n) is 17.5. The van der Waals surface area contributed by atoms with Crippen molar-refractivity contribution in [2.75, 3.05) is 14.2 Å². The van der Waals surface area contributed by atoms with Gasteiger partial charge in [0.2, 0.25) is 5.76 Å². The molecule has 0 saturated carbocycles. The van der Waals surface area contributed by atoms with E-state index in [1.54, 1.807) is 52.0 Å². The maximum atomic E-state index is 13.9. The van der Waals surface area contributed by atoms with Crippen LogP contribution in [-0.4, -0.2) is 125 Å². The third kappa shape index (κ3) is 13.7. The lowest BCUT2D eigenvalue weighted by atomic mass is 9.77. The van der Waals surface area contributed by atoms with Gasteiger partial charge in [0.25, 0.3) is 0 Å². The molecule has 3 heterocycles. The van der Waals surface area contributed by atoms with E-state index in [1.807, 2.05) is 53.7 Å². The minimum absolute atomic E-state index is 0.0313. The lowest BCUT2D eigenvalue weighted by molar-refractivity contribution is -0.338. The predicted octanol–water partition coefficient (Wildman–Crippen LogP) is 4.98. The minimum atomic E-state index is -1.97. The third-order valence-electron chi connectivity index (χ3n) is 12.8. The summed E-state index contributed by atoms with van der Waals surface area (Å²) in [4.78, 5) is 25.4. The number of aliphatic hydroxyl groups excluding tert-OH is 4. The van der Waals surface area contributed by atoms with Gasteiger partial charge in [0, 0.05) is 49.5 Å². The fourth-order valence-corrected chi connectivity index (χ4v) is 8.94. The molecule has 0 aromatic heterocycles. The number of allylic oxidation sites excluding steroid dienone is 6. The maximum Gasteiger partial charge on any atom is 0.404 e. The number of amides is 1. The van der Waals surface area contributed by atoms with Crippen molar-refractivity contribution < 1.29 is 68.3 Å². The van der Waals surface area contributed by atoms with Crippen LogP contribution in [0.5, 0.6) is 0 Å². The Morgan fingerprint density at radius 3 is 2.34 bits per heavy atom. The van der Waals surface area contributed by atoms with Crippen LogP contribution in [0.25, 0.3) is 0 Å². The van der Waals surface area contributed by atoms with E-state index < -0.39 is 97.0 Å². The molecule has 0 spiro atoms. The van der Waals surface area contributed by atoms with Crippen LogP contribution < -0.4 is 5.73 Å². The number of hydrogen-bond acceptors (Lipinski definition) is 14. The molecule has 0 aromatic rings. The molecule has 18 atom stereocenters. The number of rotatable bonds is 11.